The van der Waals surface area contributed by atoms with E-state index in [9.17, 15) is 4.79 Å². The van der Waals surface area contributed by atoms with Crippen LogP contribution in [0.5, 0.6) is 0 Å². The minimum atomic E-state index is 0.00273. The molecule has 23 heavy (non-hydrogen) atoms. The number of allylic oxidation sites excluding steroid dienone is 1. The van der Waals surface area contributed by atoms with E-state index in [0.717, 1.165) is 38.6 Å². The monoisotopic (exact) mass is 304 g/mol. The third-order valence-corrected chi connectivity index (χ3v) is 4.25. The summed E-state index contributed by atoms with van der Waals surface area (Å²) in [6.07, 6.45) is 4.05. The summed E-state index contributed by atoms with van der Waals surface area (Å²) in [7, 11) is 0. The quantitative estimate of drug-likeness (QED) is 0.434. The van der Waals surface area contributed by atoms with Crippen LogP contribution >= 0.6 is 0 Å². The summed E-state index contributed by atoms with van der Waals surface area (Å²) in [4.78, 5) is 11.9. The first-order valence-electron chi connectivity index (χ1n) is 7.62. The van der Waals surface area contributed by atoms with Crippen molar-refractivity contribution in [2.45, 2.75) is 20.8 Å². The first-order chi connectivity index (χ1) is 11.1. The molecule has 2 heterocycles. The number of hydrogen-bond acceptors (Lipinski definition) is 3. The number of carbonyl (C=O) groups excluding carboxylic acids is 1. The molecule has 3 heteroatoms. The van der Waals surface area contributed by atoms with Gasteiger partial charge in [-0.25, -0.2) is 0 Å². The van der Waals surface area contributed by atoms with E-state index < -0.39 is 0 Å². The average Bonchev–Trinajstić information content (AvgIpc) is 3.05. The number of fused-ring (bicyclic) bond motifs is 5. The minimum absolute atomic E-state index is 0.00273. The van der Waals surface area contributed by atoms with Gasteiger partial charge in [-0.3, -0.25) is 4.79 Å². The molecule has 0 radical (unpaired) electrons. The van der Waals surface area contributed by atoms with Crippen LogP contribution in [-0.4, -0.2) is 5.78 Å². The maximum Gasteiger partial charge on any atom is 0.163 e. The fourth-order valence-corrected chi connectivity index (χ4v) is 3.26. The van der Waals surface area contributed by atoms with Crippen molar-refractivity contribution in [3.63, 3.8) is 0 Å². The van der Waals surface area contributed by atoms with Gasteiger partial charge >= 0.3 is 0 Å². The number of Topliss-reactive ketones (excluding diaryl/α,β-unsaturated/α-hetero) is 1. The Bertz CT molecular complexity index is 1110. The van der Waals surface area contributed by atoms with E-state index in [1.54, 1.807) is 13.0 Å². The van der Waals surface area contributed by atoms with E-state index in [2.05, 4.69) is 0 Å². The molecule has 0 bridgehead atoms. The van der Waals surface area contributed by atoms with Crippen molar-refractivity contribution in [1.82, 2.24) is 0 Å². The Kier molecular flexibility index (Phi) is 2.91. The smallest absolute Gasteiger partial charge is 0.163 e. The van der Waals surface area contributed by atoms with Crippen LogP contribution in [0.1, 0.15) is 35.5 Å². The Balaban J connectivity index is 2.28. The van der Waals surface area contributed by atoms with Crippen molar-refractivity contribution in [3.8, 4) is 0 Å². The van der Waals surface area contributed by atoms with Gasteiger partial charge < -0.3 is 8.83 Å². The largest absolute Gasteiger partial charge is 0.461 e. The predicted molar refractivity (Wildman–Crippen MR) is 92.9 cm³/mol. The first-order valence-corrected chi connectivity index (χ1v) is 7.62. The molecule has 0 unspecified atom stereocenters. The first kappa shape index (κ1) is 13.8. The van der Waals surface area contributed by atoms with Gasteiger partial charge in [0.1, 0.15) is 22.5 Å². The molecular formula is C20H16O3. The highest BCUT2D eigenvalue weighted by Crippen LogP contribution is 2.39. The van der Waals surface area contributed by atoms with E-state index >= 15 is 0 Å². The van der Waals surface area contributed by atoms with Gasteiger partial charge in [-0.2, -0.15) is 0 Å². The highest BCUT2D eigenvalue weighted by atomic mass is 16.3. The van der Waals surface area contributed by atoms with E-state index in [-0.39, 0.29) is 5.78 Å². The fourth-order valence-electron chi connectivity index (χ4n) is 3.26. The molecule has 0 N–H and O–H groups in total. The summed E-state index contributed by atoms with van der Waals surface area (Å²) in [6.45, 7) is 5.51. The number of para-hydroxylation sites is 1. The SMILES string of the molecule is C/C=C\c1c(C)oc2ccc3oc4c(C(C)=O)cccc4c3c12. The van der Waals surface area contributed by atoms with Gasteiger partial charge in [-0.15, -0.1) is 0 Å². The molecule has 0 saturated heterocycles. The zero-order valence-corrected chi connectivity index (χ0v) is 13.3. The van der Waals surface area contributed by atoms with E-state index in [1.807, 2.05) is 50.3 Å². The molecule has 0 spiro atoms. The molecule has 0 aliphatic carbocycles. The van der Waals surface area contributed by atoms with Gasteiger partial charge in [0, 0.05) is 21.7 Å². The zero-order chi connectivity index (χ0) is 16.1. The highest BCUT2D eigenvalue weighted by Gasteiger charge is 2.19. The molecule has 0 atom stereocenters. The van der Waals surface area contributed by atoms with Crippen molar-refractivity contribution < 1.29 is 13.6 Å². The lowest BCUT2D eigenvalue weighted by Gasteiger charge is -1.97. The highest BCUT2D eigenvalue weighted by molar-refractivity contribution is 6.22. The summed E-state index contributed by atoms with van der Waals surface area (Å²) in [6, 6.07) is 9.53. The summed E-state index contributed by atoms with van der Waals surface area (Å²) >= 11 is 0. The lowest BCUT2D eigenvalue weighted by atomic mass is 10.0. The Morgan fingerprint density at radius 1 is 1.04 bits per heavy atom. The standard InChI is InChI=1S/C20H16O3/c1-4-6-14-12(3)22-16-9-10-17-19(18(14)16)15-8-5-7-13(11(2)21)20(15)23-17/h4-10H,1-3H3/b6-4-. The Labute approximate surface area is 133 Å². The summed E-state index contributed by atoms with van der Waals surface area (Å²) in [5, 5.41) is 2.99. The normalized spacial score (nSPS) is 12.1. The second-order valence-corrected chi connectivity index (χ2v) is 5.72. The van der Waals surface area contributed by atoms with Gasteiger partial charge in [-0.1, -0.05) is 24.3 Å². The molecule has 3 nitrogen and oxygen atoms in total. The maximum atomic E-state index is 11.9. The van der Waals surface area contributed by atoms with Gasteiger partial charge in [-0.05, 0) is 39.0 Å². The lowest BCUT2D eigenvalue weighted by Crippen LogP contribution is -1.91. The van der Waals surface area contributed by atoms with Crippen LogP contribution in [0.3, 0.4) is 0 Å². The number of rotatable bonds is 2. The number of aryl methyl sites for hydroxylation is 1. The van der Waals surface area contributed by atoms with Crippen LogP contribution in [0.2, 0.25) is 0 Å². The molecule has 114 valence electrons. The molecule has 4 rings (SSSR count). The molecule has 4 aromatic rings. The van der Waals surface area contributed by atoms with Crippen molar-refractivity contribution in [2.75, 3.05) is 0 Å². The van der Waals surface area contributed by atoms with Crippen LogP contribution in [0.25, 0.3) is 39.0 Å². The number of benzene rings is 2. The number of ketones is 1. The van der Waals surface area contributed by atoms with Crippen LogP contribution in [0.15, 0.2) is 45.2 Å². The van der Waals surface area contributed by atoms with Crippen molar-refractivity contribution in [2.24, 2.45) is 0 Å². The average molecular weight is 304 g/mol. The van der Waals surface area contributed by atoms with Crippen molar-refractivity contribution in [3.05, 3.63) is 53.3 Å². The molecule has 0 amide bonds. The van der Waals surface area contributed by atoms with Gasteiger partial charge in [0.05, 0.1) is 5.56 Å². The molecule has 2 aromatic carbocycles. The van der Waals surface area contributed by atoms with Gasteiger partial charge in [0.25, 0.3) is 0 Å². The predicted octanol–water partition coefficient (Wildman–Crippen LogP) is 5.88. The number of carbonyl (C=O) groups is 1. The van der Waals surface area contributed by atoms with Gasteiger partial charge in [0.15, 0.2) is 5.78 Å². The second-order valence-electron chi connectivity index (χ2n) is 5.72. The third-order valence-electron chi connectivity index (χ3n) is 4.25. The Morgan fingerprint density at radius 3 is 2.48 bits per heavy atom. The topological polar surface area (TPSA) is 43.4 Å². The second kappa shape index (κ2) is 4.85. The Morgan fingerprint density at radius 2 is 1.78 bits per heavy atom. The van der Waals surface area contributed by atoms with Crippen molar-refractivity contribution >= 4 is 44.8 Å². The molecule has 2 aromatic heterocycles. The Hall–Kier alpha value is -2.81. The maximum absolute atomic E-state index is 11.9. The van der Waals surface area contributed by atoms with E-state index in [1.165, 1.54) is 0 Å². The van der Waals surface area contributed by atoms with E-state index in [0.29, 0.717) is 11.1 Å². The summed E-state index contributed by atoms with van der Waals surface area (Å²) in [5.41, 5.74) is 3.92. The van der Waals surface area contributed by atoms with Crippen LogP contribution in [0, 0.1) is 6.92 Å². The zero-order valence-electron chi connectivity index (χ0n) is 13.3. The molecule has 0 fully saturated rings. The fraction of sp³-hybridized carbons (Fsp3) is 0.150. The number of hydrogen-bond donors (Lipinski definition) is 0. The molecule has 0 aliphatic heterocycles. The lowest BCUT2D eigenvalue weighted by molar-refractivity contribution is 0.101. The molecule has 0 aliphatic rings. The summed E-state index contributed by atoms with van der Waals surface area (Å²) < 4.78 is 11.9. The summed E-state index contributed by atoms with van der Waals surface area (Å²) in [5.74, 6) is 0.880. The van der Waals surface area contributed by atoms with Gasteiger partial charge in [0.2, 0.25) is 0 Å². The molecular weight excluding hydrogens is 288 g/mol. The number of furan rings is 2. The third kappa shape index (κ3) is 1.86. The molecule has 0 saturated carbocycles. The van der Waals surface area contributed by atoms with E-state index in [4.69, 9.17) is 8.83 Å². The van der Waals surface area contributed by atoms with Crippen LogP contribution < -0.4 is 0 Å². The minimum Gasteiger partial charge on any atom is -0.461 e. The van der Waals surface area contributed by atoms with Crippen molar-refractivity contribution in [1.29, 1.82) is 0 Å². The van der Waals surface area contributed by atoms with Crippen LogP contribution in [0.4, 0.5) is 0 Å². The van der Waals surface area contributed by atoms with Crippen LogP contribution in [-0.2, 0) is 0 Å².